The van der Waals surface area contributed by atoms with Crippen molar-refractivity contribution in [3.05, 3.63) is 0 Å². The van der Waals surface area contributed by atoms with Gasteiger partial charge in [-0.3, -0.25) is 4.90 Å². The SMILES string of the molecule is CCC1CCC(O)CC1N(CCOC)C(C)C. The molecule has 0 aromatic heterocycles. The van der Waals surface area contributed by atoms with Crippen LogP contribution in [0.1, 0.15) is 46.5 Å². The van der Waals surface area contributed by atoms with Gasteiger partial charge in [0.1, 0.15) is 0 Å². The minimum absolute atomic E-state index is 0.105. The van der Waals surface area contributed by atoms with Gasteiger partial charge < -0.3 is 9.84 Å². The quantitative estimate of drug-likeness (QED) is 0.777. The van der Waals surface area contributed by atoms with Crippen LogP contribution in [-0.4, -0.2) is 48.5 Å². The van der Waals surface area contributed by atoms with E-state index in [4.69, 9.17) is 4.74 Å². The molecule has 1 fully saturated rings. The van der Waals surface area contributed by atoms with Crippen LogP contribution in [0.4, 0.5) is 0 Å². The first-order valence-corrected chi connectivity index (χ1v) is 7.02. The van der Waals surface area contributed by atoms with E-state index in [-0.39, 0.29) is 6.10 Å². The fraction of sp³-hybridized carbons (Fsp3) is 1.00. The number of aliphatic hydroxyl groups excluding tert-OH is 1. The summed E-state index contributed by atoms with van der Waals surface area (Å²) >= 11 is 0. The van der Waals surface area contributed by atoms with E-state index in [1.165, 1.54) is 12.8 Å². The monoisotopic (exact) mass is 243 g/mol. The predicted octanol–water partition coefficient (Wildman–Crippen LogP) is 2.28. The number of hydrogen-bond acceptors (Lipinski definition) is 3. The Morgan fingerprint density at radius 2 is 2.06 bits per heavy atom. The van der Waals surface area contributed by atoms with Crippen LogP contribution >= 0.6 is 0 Å². The van der Waals surface area contributed by atoms with Gasteiger partial charge >= 0.3 is 0 Å². The highest BCUT2D eigenvalue weighted by Gasteiger charge is 2.33. The van der Waals surface area contributed by atoms with Crippen LogP contribution in [0.3, 0.4) is 0 Å². The van der Waals surface area contributed by atoms with Crippen molar-refractivity contribution in [2.45, 2.75) is 64.6 Å². The van der Waals surface area contributed by atoms with Gasteiger partial charge in [-0.2, -0.15) is 0 Å². The van der Waals surface area contributed by atoms with Crippen LogP contribution in [0, 0.1) is 5.92 Å². The first-order valence-electron chi connectivity index (χ1n) is 7.02. The molecule has 1 aliphatic carbocycles. The molecule has 1 saturated carbocycles. The van der Waals surface area contributed by atoms with Crippen LogP contribution < -0.4 is 0 Å². The summed E-state index contributed by atoms with van der Waals surface area (Å²) in [5, 5.41) is 9.89. The number of ether oxygens (including phenoxy) is 1. The lowest BCUT2D eigenvalue weighted by atomic mass is 9.80. The van der Waals surface area contributed by atoms with Crippen molar-refractivity contribution in [2.24, 2.45) is 5.92 Å². The zero-order chi connectivity index (χ0) is 12.8. The normalized spacial score (nSPS) is 30.2. The maximum absolute atomic E-state index is 9.89. The highest BCUT2D eigenvalue weighted by Crippen LogP contribution is 2.31. The Hall–Kier alpha value is -0.120. The number of aliphatic hydroxyl groups is 1. The van der Waals surface area contributed by atoms with Crippen LogP contribution in [0.2, 0.25) is 0 Å². The largest absolute Gasteiger partial charge is 0.393 e. The molecule has 0 spiro atoms. The van der Waals surface area contributed by atoms with Gasteiger partial charge in [-0.05, 0) is 39.0 Å². The van der Waals surface area contributed by atoms with E-state index in [1.807, 2.05) is 0 Å². The topological polar surface area (TPSA) is 32.7 Å². The molecule has 0 aromatic carbocycles. The zero-order valence-electron chi connectivity index (χ0n) is 11.9. The molecular weight excluding hydrogens is 214 g/mol. The van der Waals surface area contributed by atoms with Crippen LogP contribution in [0.15, 0.2) is 0 Å². The number of nitrogens with zero attached hydrogens (tertiary/aromatic N) is 1. The average Bonchev–Trinajstić information content (AvgIpc) is 2.29. The van der Waals surface area contributed by atoms with Crippen molar-refractivity contribution < 1.29 is 9.84 Å². The average molecular weight is 243 g/mol. The van der Waals surface area contributed by atoms with Crippen LogP contribution in [0.5, 0.6) is 0 Å². The van der Waals surface area contributed by atoms with Gasteiger partial charge in [0.15, 0.2) is 0 Å². The van der Waals surface area contributed by atoms with Crippen molar-refractivity contribution in [1.29, 1.82) is 0 Å². The highest BCUT2D eigenvalue weighted by molar-refractivity contribution is 4.87. The second-order valence-corrected chi connectivity index (χ2v) is 5.53. The molecule has 102 valence electrons. The second kappa shape index (κ2) is 7.34. The van der Waals surface area contributed by atoms with E-state index in [0.717, 1.165) is 31.9 Å². The first kappa shape index (κ1) is 14.9. The second-order valence-electron chi connectivity index (χ2n) is 5.53. The third-order valence-electron chi connectivity index (χ3n) is 4.10. The van der Waals surface area contributed by atoms with Crippen molar-refractivity contribution >= 4 is 0 Å². The first-order chi connectivity index (χ1) is 8.10. The molecule has 1 N–H and O–H groups in total. The minimum atomic E-state index is -0.105. The Morgan fingerprint density at radius 3 is 2.59 bits per heavy atom. The van der Waals surface area contributed by atoms with Crippen molar-refractivity contribution in [2.75, 3.05) is 20.3 Å². The summed E-state index contributed by atoms with van der Waals surface area (Å²) in [7, 11) is 1.76. The van der Waals surface area contributed by atoms with E-state index < -0.39 is 0 Å². The Bertz CT molecular complexity index is 208. The molecule has 3 nitrogen and oxygen atoms in total. The molecule has 1 rings (SSSR count). The smallest absolute Gasteiger partial charge is 0.0589 e. The molecule has 0 heterocycles. The summed E-state index contributed by atoms with van der Waals surface area (Å²) in [4.78, 5) is 2.51. The summed E-state index contributed by atoms with van der Waals surface area (Å²) in [6.45, 7) is 8.50. The fourth-order valence-electron chi connectivity index (χ4n) is 3.07. The minimum Gasteiger partial charge on any atom is -0.393 e. The summed E-state index contributed by atoms with van der Waals surface area (Å²) in [5.41, 5.74) is 0. The number of hydrogen-bond donors (Lipinski definition) is 1. The molecule has 0 saturated heterocycles. The third-order valence-corrected chi connectivity index (χ3v) is 4.10. The lowest BCUT2D eigenvalue weighted by Gasteiger charge is -2.43. The van der Waals surface area contributed by atoms with E-state index in [2.05, 4.69) is 25.7 Å². The lowest BCUT2D eigenvalue weighted by molar-refractivity contribution is 0.000851. The van der Waals surface area contributed by atoms with Gasteiger partial charge in [0.25, 0.3) is 0 Å². The Morgan fingerprint density at radius 1 is 1.35 bits per heavy atom. The van der Waals surface area contributed by atoms with Crippen molar-refractivity contribution in [1.82, 2.24) is 4.90 Å². The Labute approximate surface area is 106 Å². The van der Waals surface area contributed by atoms with Gasteiger partial charge in [0.2, 0.25) is 0 Å². The fourth-order valence-corrected chi connectivity index (χ4v) is 3.07. The van der Waals surface area contributed by atoms with Gasteiger partial charge in [-0.15, -0.1) is 0 Å². The van der Waals surface area contributed by atoms with Gasteiger partial charge in [-0.25, -0.2) is 0 Å². The maximum Gasteiger partial charge on any atom is 0.0589 e. The molecule has 0 radical (unpaired) electrons. The molecular formula is C14H29NO2. The lowest BCUT2D eigenvalue weighted by Crippen LogP contribution is -2.49. The van der Waals surface area contributed by atoms with Gasteiger partial charge in [0, 0.05) is 25.7 Å². The molecule has 17 heavy (non-hydrogen) atoms. The summed E-state index contributed by atoms with van der Waals surface area (Å²) in [5.74, 6) is 0.734. The molecule has 3 heteroatoms. The molecule has 0 aromatic rings. The van der Waals surface area contributed by atoms with E-state index in [1.54, 1.807) is 7.11 Å². The maximum atomic E-state index is 9.89. The van der Waals surface area contributed by atoms with Crippen LogP contribution in [0.25, 0.3) is 0 Å². The molecule has 0 aliphatic heterocycles. The van der Waals surface area contributed by atoms with Gasteiger partial charge in [-0.1, -0.05) is 13.3 Å². The highest BCUT2D eigenvalue weighted by atomic mass is 16.5. The van der Waals surface area contributed by atoms with Crippen LogP contribution in [-0.2, 0) is 4.74 Å². The van der Waals surface area contributed by atoms with Gasteiger partial charge in [0.05, 0.1) is 12.7 Å². The molecule has 0 bridgehead atoms. The summed E-state index contributed by atoms with van der Waals surface area (Å²) in [6.07, 6.45) is 4.18. The standard InChI is InChI=1S/C14H29NO2/c1-5-12-6-7-13(16)10-14(12)15(11(2)3)8-9-17-4/h11-14,16H,5-10H2,1-4H3. The molecule has 3 unspecified atom stereocenters. The number of rotatable bonds is 6. The predicted molar refractivity (Wildman–Crippen MR) is 71.1 cm³/mol. The Kier molecular flexibility index (Phi) is 6.45. The molecule has 0 amide bonds. The molecule has 3 atom stereocenters. The van der Waals surface area contributed by atoms with Crippen molar-refractivity contribution in [3.8, 4) is 0 Å². The number of methoxy groups -OCH3 is 1. The zero-order valence-corrected chi connectivity index (χ0v) is 11.9. The molecule has 1 aliphatic rings. The summed E-state index contributed by atoms with van der Waals surface area (Å²) in [6, 6.07) is 1.05. The third kappa shape index (κ3) is 4.23. The van der Waals surface area contributed by atoms with E-state index >= 15 is 0 Å². The Balaban J connectivity index is 2.66. The van der Waals surface area contributed by atoms with Crippen molar-refractivity contribution in [3.63, 3.8) is 0 Å². The van der Waals surface area contributed by atoms with E-state index in [0.29, 0.717) is 12.1 Å². The van der Waals surface area contributed by atoms with E-state index in [9.17, 15) is 5.11 Å². The summed E-state index contributed by atoms with van der Waals surface area (Å²) < 4.78 is 5.20.